The fraction of sp³-hybridized carbons (Fsp3) is 0.348. The van der Waals surface area contributed by atoms with Crippen molar-refractivity contribution in [2.45, 2.75) is 38.1 Å². The monoisotopic (exact) mass is 401 g/mol. The van der Waals surface area contributed by atoms with E-state index >= 15 is 0 Å². The summed E-state index contributed by atoms with van der Waals surface area (Å²) in [4.78, 5) is 8.12. The van der Waals surface area contributed by atoms with Gasteiger partial charge in [0.15, 0.2) is 0 Å². The number of rotatable bonds is 3. The zero-order chi connectivity index (χ0) is 21.3. The third-order valence-electron chi connectivity index (χ3n) is 5.69. The second-order valence-electron chi connectivity index (χ2n) is 8.07. The van der Waals surface area contributed by atoms with Crippen LogP contribution in [0.4, 0.5) is 0 Å². The van der Waals surface area contributed by atoms with Gasteiger partial charge >= 0.3 is 0 Å². The molecule has 4 rings (SSSR count). The highest BCUT2D eigenvalue weighted by Crippen LogP contribution is 2.44. The average Bonchev–Trinajstić information content (AvgIpc) is 3.11. The number of aliphatic imine (C=N–C) groups is 1. The van der Waals surface area contributed by atoms with Crippen molar-refractivity contribution in [3.8, 4) is 18.0 Å². The zero-order valence-electron chi connectivity index (χ0n) is 17.0. The summed E-state index contributed by atoms with van der Waals surface area (Å²) in [5, 5.41) is 29.9. The molecule has 0 aliphatic carbocycles. The van der Waals surface area contributed by atoms with E-state index in [-0.39, 0.29) is 0 Å². The van der Waals surface area contributed by atoms with E-state index in [0.29, 0.717) is 36.9 Å². The van der Waals surface area contributed by atoms with Crippen LogP contribution in [0.15, 0.2) is 53.5 Å². The van der Waals surface area contributed by atoms with E-state index in [1.807, 2.05) is 60.2 Å². The summed E-state index contributed by atoms with van der Waals surface area (Å²) < 4.78 is 6.03. The largest absolute Gasteiger partial charge is 0.485 e. The predicted molar refractivity (Wildman–Crippen MR) is 111 cm³/mol. The van der Waals surface area contributed by atoms with Gasteiger partial charge in [-0.05, 0) is 37.6 Å². The Morgan fingerprint density at radius 2 is 1.93 bits per heavy atom. The highest BCUT2D eigenvalue weighted by molar-refractivity contribution is 5.83. The van der Waals surface area contributed by atoms with Crippen LogP contribution in [-0.2, 0) is 6.54 Å². The summed E-state index contributed by atoms with van der Waals surface area (Å²) >= 11 is 0. The predicted octanol–water partition coefficient (Wildman–Crippen LogP) is 2.79. The molecule has 0 amide bonds. The molecule has 2 aliphatic rings. The van der Waals surface area contributed by atoms with E-state index in [2.05, 4.69) is 11.1 Å². The second-order valence-corrected chi connectivity index (χ2v) is 8.07. The summed E-state index contributed by atoms with van der Waals surface area (Å²) in [6, 6.07) is 16.9. The standard InChI is InChI=1S/C23H23N5O2/c1-23(2)21(29)20(18-12-17(13-24)8-9-19(18)30-23)28-11-10-27(22(28)26-15-25)14-16-6-4-3-5-7-16/h3-9,12,20-21,29H,10-11,14H2,1-2H3/t20-,21+/m0/s1. The number of hydrogen-bond donors (Lipinski definition) is 1. The molecule has 2 aliphatic heterocycles. The van der Waals surface area contributed by atoms with E-state index in [1.54, 1.807) is 18.2 Å². The SMILES string of the molecule is CC1(C)Oc2ccc(C#N)cc2[C@H](N2CCN(Cc3ccccc3)C2=NC#N)[C@H]1O. The first kappa shape index (κ1) is 19.8. The van der Waals surface area contributed by atoms with Gasteiger partial charge in [-0.15, -0.1) is 4.99 Å². The number of guanidine groups is 1. The molecule has 152 valence electrons. The van der Waals surface area contributed by atoms with Crippen LogP contribution in [0.3, 0.4) is 0 Å². The molecule has 2 heterocycles. The van der Waals surface area contributed by atoms with Crippen LogP contribution in [0.2, 0.25) is 0 Å². The van der Waals surface area contributed by atoms with E-state index in [1.165, 1.54) is 0 Å². The van der Waals surface area contributed by atoms with Gasteiger partial charge in [-0.2, -0.15) is 10.5 Å². The third-order valence-corrected chi connectivity index (χ3v) is 5.69. The lowest BCUT2D eigenvalue weighted by Crippen LogP contribution is -2.54. The van der Waals surface area contributed by atoms with Gasteiger partial charge in [-0.3, -0.25) is 0 Å². The van der Waals surface area contributed by atoms with Crippen LogP contribution in [0.1, 0.15) is 36.6 Å². The van der Waals surface area contributed by atoms with Crippen LogP contribution >= 0.6 is 0 Å². The lowest BCUT2D eigenvalue weighted by molar-refractivity contribution is -0.0801. The quantitative estimate of drug-likeness (QED) is 0.795. The molecule has 7 nitrogen and oxygen atoms in total. The first-order valence-corrected chi connectivity index (χ1v) is 9.88. The van der Waals surface area contributed by atoms with E-state index in [0.717, 1.165) is 11.1 Å². The zero-order valence-corrected chi connectivity index (χ0v) is 17.0. The number of benzene rings is 2. The molecule has 0 radical (unpaired) electrons. The second kappa shape index (κ2) is 7.70. The van der Waals surface area contributed by atoms with Crippen molar-refractivity contribution in [3.05, 3.63) is 65.2 Å². The summed E-state index contributed by atoms with van der Waals surface area (Å²) in [6.07, 6.45) is 1.04. The molecular formula is C23H23N5O2. The van der Waals surface area contributed by atoms with E-state index in [4.69, 9.17) is 4.74 Å². The minimum Gasteiger partial charge on any atom is -0.485 e. The molecule has 0 spiro atoms. The Hall–Kier alpha value is -3.55. The molecule has 7 heteroatoms. The lowest BCUT2D eigenvalue weighted by Gasteiger charge is -2.45. The number of hydrogen-bond acceptors (Lipinski definition) is 5. The lowest BCUT2D eigenvalue weighted by atomic mass is 9.85. The Labute approximate surface area is 176 Å². The van der Waals surface area contributed by atoms with Crippen LogP contribution in [-0.4, -0.2) is 45.7 Å². The number of aliphatic hydroxyl groups is 1. The molecule has 2 atom stereocenters. The molecule has 1 saturated heterocycles. The van der Waals surface area contributed by atoms with Gasteiger partial charge < -0.3 is 19.6 Å². The maximum Gasteiger partial charge on any atom is 0.213 e. The Morgan fingerprint density at radius 1 is 1.17 bits per heavy atom. The van der Waals surface area contributed by atoms with Crippen molar-refractivity contribution in [2.75, 3.05) is 13.1 Å². The molecule has 1 N–H and O–H groups in total. The Bertz CT molecular complexity index is 1050. The van der Waals surface area contributed by atoms with Gasteiger partial charge in [0.2, 0.25) is 12.2 Å². The number of ether oxygens (including phenoxy) is 1. The fourth-order valence-corrected chi connectivity index (χ4v) is 4.18. The minimum atomic E-state index is -0.875. The van der Waals surface area contributed by atoms with Gasteiger partial charge in [0, 0.05) is 25.2 Å². The van der Waals surface area contributed by atoms with Gasteiger partial charge in [-0.1, -0.05) is 30.3 Å². The molecule has 30 heavy (non-hydrogen) atoms. The molecular weight excluding hydrogens is 378 g/mol. The normalized spacial score (nSPS) is 23.4. The van der Waals surface area contributed by atoms with Gasteiger partial charge in [0.1, 0.15) is 17.5 Å². The van der Waals surface area contributed by atoms with Gasteiger partial charge in [0.05, 0.1) is 17.7 Å². The maximum absolute atomic E-state index is 11.2. The topological polar surface area (TPSA) is 95.9 Å². The van der Waals surface area contributed by atoms with E-state index in [9.17, 15) is 15.6 Å². The molecule has 2 aromatic rings. The molecule has 1 fully saturated rings. The van der Waals surface area contributed by atoms with Crippen molar-refractivity contribution in [1.29, 1.82) is 10.5 Å². The van der Waals surface area contributed by atoms with E-state index < -0.39 is 17.7 Å². The molecule has 0 unspecified atom stereocenters. The first-order chi connectivity index (χ1) is 14.4. The summed E-state index contributed by atoms with van der Waals surface area (Å²) in [6.45, 7) is 5.57. The van der Waals surface area contributed by atoms with Gasteiger partial charge in [-0.25, -0.2) is 0 Å². The van der Waals surface area contributed by atoms with Gasteiger partial charge in [0.25, 0.3) is 0 Å². The maximum atomic E-state index is 11.2. The summed E-state index contributed by atoms with van der Waals surface area (Å²) in [5.41, 5.74) is 1.50. The highest BCUT2D eigenvalue weighted by atomic mass is 16.5. The molecule has 2 aromatic carbocycles. The Kier molecular flexibility index (Phi) is 5.07. The smallest absolute Gasteiger partial charge is 0.213 e. The number of aliphatic hydroxyl groups excluding tert-OH is 1. The molecule has 0 aromatic heterocycles. The highest BCUT2D eigenvalue weighted by Gasteiger charge is 2.48. The van der Waals surface area contributed by atoms with Crippen LogP contribution in [0.5, 0.6) is 5.75 Å². The number of nitriles is 2. The van der Waals surface area contributed by atoms with Crippen molar-refractivity contribution >= 4 is 5.96 Å². The molecule has 0 bridgehead atoms. The fourth-order valence-electron chi connectivity index (χ4n) is 4.18. The minimum absolute atomic E-state index is 0.482. The summed E-state index contributed by atoms with van der Waals surface area (Å²) in [7, 11) is 0. The number of nitrogens with zero attached hydrogens (tertiary/aromatic N) is 5. The van der Waals surface area contributed by atoms with Crippen molar-refractivity contribution < 1.29 is 9.84 Å². The number of fused-ring (bicyclic) bond motifs is 1. The van der Waals surface area contributed by atoms with Crippen LogP contribution < -0.4 is 4.74 Å². The Morgan fingerprint density at radius 3 is 2.63 bits per heavy atom. The van der Waals surface area contributed by atoms with Crippen molar-refractivity contribution in [3.63, 3.8) is 0 Å². The third kappa shape index (κ3) is 3.45. The summed E-state index contributed by atoms with van der Waals surface area (Å²) in [5.74, 6) is 1.16. The van der Waals surface area contributed by atoms with Crippen molar-refractivity contribution in [2.24, 2.45) is 4.99 Å². The first-order valence-electron chi connectivity index (χ1n) is 9.88. The Balaban J connectivity index is 1.74. The van der Waals surface area contributed by atoms with Crippen LogP contribution in [0.25, 0.3) is 0 Å². The van der Waals surface area contributed by atoms with Crippen LogP contribution in [0, 0.1) is 22.8 Å². The average molecular weight is 401 g/mol. The molecule has 0 saturated carbocycles. The van der Waals surface area contributed by atoms with Crippen molar-refractivity contribution in [1.82, 2.24) is 9.80 Å².